The van der Waals surface area contributed by atoms with Crippen molar-refractivity contribution in [2.24, 2.45) is 11.8 Å². The van der Waals surface area contributed by atoms with Crippen molar-refractivity contribution in [2.75, 3.05) is 25.6 Å². The number of fused-ring (bicyclic) bond motifs is 1. The monoisotopic (exact) mass is 344 g/mol. The number of hydrogen-bond donors (Lipinski definition) is 2. The molecule has 0 unspecified atom stereocenters. The molecule has 1 aromatic carbocycles. The van der Waals surface area contributed by atoms with Crippen molar-refractivity contribution in [3.63, 3.8) is 0 Å². The molecule has 5 heteroatoms. The zero-order valence-electron chi connectivity index (χ0n) is 14.9. The van der Waals surface area contributed by atoms with Gasteiger partial charge < -0.3 is 20.1 Å². The average Bonchev–Trinajstić information content (AvgIpc) is 3.31. The highest BCUT2D eigenvalue weighted by Gasteiger charge is 2.43. The molecule has 2 heterocycles. The second kappa shape index (κ2) is 7.34. The molecule has 2 aliphatic heterocycles. The van der Waals surface area contributed by atoms with Gasteiger partial charge >= 0.3 is 5.97 Å². The van der Waals surface area contributed by atoms with Crippen LogP contribution < -0.4 is 10.6 Å². The fourth-order valence-electron chi connectivity index (χ4n) is 4.63. The van der Waals surface area contributed by atoms with Gasteiger partial charge in [-0.25, -0.2) is 0 Å². The number of methoxy groups -OCH3 is 1. The van der Waals surface area contributed by atoms with E-state index < -0.39 is 0 Å². The Kier molecular flexibility index (Phi) is 4.95. The van der Waals surface area contributed by atoms with Gasteiger partial charge in [0.05, 0.1) is 26.2 Å². The molecule has 4 rings (SSSR count). The number of nitrogens with one attached hydrogen (secondary N) is 2. The highest BCUT2D eigenvalue weighted by atomic mass is 16.5. The fourth-order valence-corrected chi connectivity index (χ4v) is 4.63. The summed E-state index contributed by atoms with van der Waals surface area (Å²) in [6, 6.07) is 9.50. The van der Waals surface area contributed by atoms with E-state index in [1.54, 1.807) is 0 Å². The van der Waals surface area contributed by atoms with Crippen molar-refractivity contribution < 1.29 is 14.3 Å². The van der Waals surface area contributed by atoms with E-state index >= 15 is 0 Å². The first-order valence-corrected chi connectivity index (χ1v) is 9.52. The maximum atomic E-state index is 12.3. The summed E-state index contributed by atoms with van der Waals surface area (Å²) in [6.07, 6.45) is 6.01. The minimum absolute atomic E-state index is 0.00377. The smallest absolute Gasteiger partial charge is 0.310 e. The predicted molar refractivity (Wildman–Crippen MR) is 96.4 cm³/mol. The molecule has 0 bridgehead atoms. The Morgan fingerprint density at radius 1 is 1.20 bits per heavy atom. The van der Waals surface area contributed by atoms with E-state index in [-0.39, 0.29) is 17.9 Å². The molecule has 0 amide bonds. The second-order valence-corrected chi connectivity index (χ2v) is 7.66. The lowest BCUT2D eigenvalue weighted by Gasteiger charge is -2.37. The van der Waals surface area contributed by atoms with E-state index in [1.165, 1.54) is 38.5 Å². The van der Waals surface area contributed by atoms with E-state index in [2.05, 4.69) is 34.9 Å². The van der Waals surface area contributed by atoms with Crippen LogP contribution in [0, 0.1) is 11.8 Å². The third-order valence-electron chi connectivity index (χ3n) is 6.05. The molecule has 2 N–H and O–H groups in total. The summed E-state index contributed by atoms with van der Waals surface area (Å²) in [6.45, 7) is 1.47. The molecule has 0 aromatic heterocycles. The minimum Gasteiger partial charge on any atom is -0.469 e. The SMILES string of the molecule is COC(=O)[C@@H]1C[C@@H]2COC[C@@H]2N[C@@H]1c1ccc(NC2CCCC2)cc1. The van der Waals surface area contributed by atoms with E-state index in [4.69, 9.17) is 9.47 Å². The van der Waals surface area contributed by atoms with Crippen LogP contribution in [0.25, 0.3) is 0 Å². The summed E-state index contributed by atoms with van der Waals surface area (Å²) < 4.78 is 10.7. The lowest BCUT2D eigenvalue weighted by Crippen LogP contribution is -2.49. The van der Waals surface area contributed by atoms with Gasteiger partial charge in [0.15, 0.2) is 0 Å². The molecule has 136 valence electrons. The second-order valence-electron chi connectivity index (χ2n) is 7.66. The zero-order chi connectivity index (χ0) is 17.2. The van der Waals surface area contributed by atoms with Crippen LogP contribution in [0.3, 0.4) is 0 Å². The third kappa shape index (κ3) is 3.53. The van der Waals surface area contributed by atoms with Crippen molar-refractivity contribution in [3.8, 4) is 0 Å². The van der Waals surface area contributed by atoms with Crippen LogP contribution in [0.4, 0.5) is 5.69 Å². The molecule has 4 atom stereocenters. The summed E-state index contributed by atoms with van der Waals surface area (Å²) in [4.78, 5) is 12.3. The Hall–Kier alpha value is -1.59. The Morgan fingerprint density at radius 3 is 2.68 bits per heavy atom. The van der Waals surface area contributed by atoms with Gasteiger partial charge in [0, 0.05) is 29.7 Å². The molecule has 1 aliphatic carbocycles. The number of esters is 1. The molecule has 25 heavy (non-hydrogen) atoms. The van der Waals surface area contributed by atoms with E-state index in [0.29, 0.717) is 18.0 Å². The first-order valence-electron chi connectivity index (χ1n) is 9.52. The summed E-state index contributed by atoms with van der Waals surface area (Å²) >= 11 is 0. The number of benzene rings is 1. The van der Waals surface area contributed by atoms with Gasteiger partial charge in [0.1, 0.15) is 0 Å². The molecule has 1 aromatic rings. The third-order valence-corrected chi connectivity index (χ3v) is 6.05. The van der Waals surface area contributed by atoms with Crippen molar-refractivity contribution >= 4 is 11.7 Å². The summed E-state index contributed by atoms with van der Waals surface area (Å²) in [5.74, 6) is 0.126. The largest absolute Gasteiger partial charge is 0.469 e. The fraction of sp³-hybridized carbons (Fsp3) is 0.650. The van der Waals surface area contributed by atoms with Crippen LogP contribution in [0.1, 0.15) is 43.7 Å². The summed E-state index contributed by atoms with van der Waals surface area (Å²) in [5, 5.41) is 7.26. The number of carbonyl (C=O) groups is 1. The molecule has 2 saturated heterocycles. The van der Waals surface area contributed by atoms with Crippen molar-refractivity contribution in [1.82, 2.24) is 5.32 Å². The molecular formula is C20H28N2O3. The predicted octanol–water partition coefficient (Wildman–Crippen LogP) is 2.88. The Labute approximate surface area is 149 Å². The van der Waals surface area contributed by atoms with Gasteiger partial charge in [0.2, 0.25) is 0 Å². The standard InChI is InChI=1S/C20H28N2O3/c1-24-20(23)17-10-14-11-25-12-18(14)22-19(17)13-6-8-16(9-7-13)21-15-4-2-3-5-15/h6-9,14-15,17-19,21-22H,2-5,10-12H2,1H3/t14-,17-,18+,19-/m1/s1. The number of anilines is 1. The van der Waals surface area contributed by atoms with Gasteiger partial charge in [-0.05, 0) is 37.0 Å². The van der Waals surface area contributed by atoms with E-state index in [9.17, 15) is 4.79 Å². The van der Waals surface area contributed by atoms with Crippen molar-refractivity contribution in [1.29, 1.82) is 0 Å². The highest BCUT2D eigenvalue weighted by molar-refractivity contribution is 5.74. The molecular weight excluding hydrogens is 316 g/mol. The average molecular weight is 344 g/mol. The van der Waals surface area contributed by atoms with E-state index in [1.807, 2.05) is 0 Å². The van der Waals surface area contributed by atoms with Crippen LogP contribution >= 0.6 is 0 Å². The topological polar surface area (TPSA) is 59.6 Å². The van der Waals surface area contributed by atoms with Crippen LogP contribution in [-0.4, -0.2) is 38.4 Å². The Bertz CT molecular complexity index is 597. The lowest BCUT2D eigenvalue weighted by atomic mass is 9.79. The van der Waals surface area contributed by atoms with Gasteiger partial charge in [-0.1, -0.05) is 25.0 Å². The highest BCUT2D eigenvalue weighted by Crippen LogP contribution is 2.38. The lowest BCUT2D eigenvalue weighted by molar-refractivity contribution is -0.148. The molecule has 5 nitrogen and oxygen atoms in total. The zero-order valence-corrected chi connectivity index (χ0v) is 14.9. The van der Waals surface area contributed by atoms with Crippen LogP contribution in [0.2, 0.25) is 0 Å². The first kappa shape index (κ1) is 16.9. The quantitative estimate of drug-likeness (QED) is 0.823. The van der Waals surface area contributed by atoms with Crippen molar-refractivity contribution in [3.05, 3.63) is 29.8 Å². The van der Waals surface area contributed by atoms with Crippen LogP contribution in [0.5, 0.6) is 0 Å². The molecule has 1 saturated carbocycles. The van der Waals surface area contributed by atoms with Gasteiger partial charge in [-0.3, -0.25) is 4.79 Å². The number of ether oxygens (including phenoxy) is 2. The Morgan fingerprint density at radius 2 is 1.96 bits per heavy atom. The van der Waals surface area contributed by atoms with Crippen molar-refractivity contribution in [2.45, 2.75) is 50.2 Å². The molecule has 0 spiro atoms. The number of rotatable bonds is 4. The van der Waals surface area contributed by atoms with Gasteiger partial charge in [-0.15, -0.1) is 0 Å². The first-order chi connectivity index (χ1) is 12.2. The van der Waals surface area contributed by atoms with Crippen LogP contribution in [-0.2, 0) is 14.3 Å². The number of carbonyl (C=O) groups excluding carboxylic acids is 1. The number of piperidine rings is 1. The normalized spacial score (nSPS) is 32.4. The molecule has 3 fully saturated rings. The minimum atomic E-state index is -0.151. The van der Waals surface area contributed by atoms with Crippen LogP contribution in [0.15, 0.2) is 24.3 Å². The van der Waals surface area contributed by atoms with E-state index in [0.717, 1.165) is 25.2 Å². The molecule has 3 aliphatic rings. The number of hydrogen-bond acceptors (Lipinski definition) is 5. The maximum absolute atomic E-state index is 12.3. The maximum Gasteiger partial charge on any atom is 0.310 e. The summed E-state index contributed by atoms with van der Waals surface area (Å²) in [7, 11) is 1.48. The summed E-state index contributed by atoms with van der Waals surface area (Å²) in [5.41, 5.74) is 2.32. The van der Waals surface area contributed by atoms with Gasteiger partial charge in [0.25, 0.3) is 0 Å². The Balaban J connectivity index is 1.50. The van der Waals surface area contributed by atoms with Gasteiger partial charge in [-0.2, -0.15) is 0 Å². The molecule has 0 radical (unpaired) electrons.